The minimum absolute atomic E-state index is 0.00177. The van der Waals surface area contributed by atoms with Crippen LogP contribution in [0.2, 0.25) is 0 Å². The Kier molecular flexibility index (Phi) is 12.2. The standard InChI is InChI=1S/C40H67N2O9/c1-41-11-9-21-14-29(45-3)31(47-5)17-24(21)27(41)13-23-16-30(46-4)33(49-7)20-28(23)51-34-19-26-25(18-32(34)48-6)37-36-22(15-35(50-8)40(37)44)10-12-42(2)38(36)39(26)43/h21-38,40H,9-20H2,1-8H3/q-1/p+1. The summed E-state index contributed by atoms with van der Waals surface area (Å²) in [6.45, 7) is 2.05. The second-order valence-corrected chi connectivity index (χ2v) is 17.7. The summed E-state index contributed by atoms with van der Waals surface area (Å²) >= 11 is 0. The number of piperidine rings is 2. The van der Waals surface area contributed by atoms with Gasteiger partial charge in [-0.3, -0.25) is 4.79 Å². The first kappa shape index (κ1) is 38.5. The zero-order valence-electron chi connectivity index (χ0n) is 32.6. The lowest BCUT2D eigenvalue weighted by molar-refractivity contribution is -0.910. The molecule has 2 saturated heterocycles. The van der Waals surface area contributed by atoms with Crippen LogP contribution in [0.25, 0.3) is 0 Å². The molecule has 0 aromatic rings. The Morgan fingerprint density at radius 1 is 0.667 bits per heavy atom. The molecule has 11 nitrogen and oxygen atoms in total. The van der Waals surface area contributed by atoms with E-state index in [-0.39, 0.29) is 84.5 Å². The van der Waals surface area contributed by atoms with Gasteiger partial charge in [-0.15, -0.1) is 0 Å². The van der Waals surface area contributed by atoms with E-state index in [2.05, 4.69) is 19.0 Å². The molecule has 5 saturated carbocycles. The molecule has 292 valence electrons. The molecule has 20 unspecified atom stereocenters. The highest BCUT2D eigenvalue weighted by molar-refractivity contribution is 5.87. The molecule has 7 rings (SSSR count). The molecule has 0 amide bonds. The fraction of sp³-hybridized carbons (Fsp3) is 0.975. The number of nitrogens with zero attached hydrogens (tertiary/aromatic N) is 1. The number of likely N-dealkylation sites (tertiary alicyclic amines) is 2. The van der Waals surface area contributed by atoms with Gasteiger partial charge in [0.15, 0.2) is 5.78 Å². The Bertz CT molecular complexity index is 1180. The Morgan fingerprint density at radius 2 is 1.25 bits per heavy atom. The van der Waals surface area contributed by atoms with Crippen molar-refractivity contribution >= 4 is 5.78 Å². The van der Waals surface area contributed by atoms with Gasteiger partial charge in [-0.25, -0.2) is 0 Å². The molecular formula is C40H68N2O9. The van der Waals surface area contributed by atoms with Gasteiger partial charge < -0.3 is 48.1 Å². The van der Waals surface area contributed by atoms with Gasteiger partial charge >= 0.3 is 0 Å². The smallest absolute Gasteiger partial charge is 0.193 e. The molecule has 5 aliphatic carbocycles. The summed E-state index contributed by atoms with van der Waals surface area (Å²) in [5.74, 6) is 2.03. The third-order valence-electron chi connectivity index (χ3n) is 15.8. The molecule has 0 aromatic carbocycles. The van der Waals surface area contributed by atoms with Crippen LogP contribution in [0.5, 0.6) is 0 Å². The quantitative estimate of drug-likeness (QED) is 0.354. The number of Topliss-reactive ketones (excluding diaryl/α,β-unsaturated/α-hetero) is 1. The molecule has 0 radical (unpaired) electrons. The molecule has 20 atom stereocenters. The number of ketones is 1. The summed E-state index contributed by atoms with van der Waals surface area (Å²) in [5, 5.41) is 14.2. The number of ether oxygens (including phenoxy) is 7. The average molecular weight is 721 g/mol. The van der Waals surface area contributed by atoms with Gasteiger partial charge in [-0.2, -0.15) is 0 Å². The lowest BCUT2D eigenvalue weighted by Gasteiger charge is -2.62. The van der Waals surface area contributed by atoms with Crippen molar-refractivity contribution in [3.05, 3.63) is 0 Å². The highest BCUT2D eigenvalue weighted by atomic mass is 16.6. The molecule has 7 fully saturated rings. The normalized spacial score (nSPS) is 51.7. The summed E-state index contributed by atoms with van der Waals surface area (Å²) in [5.41, 5.74) is 0. The molecule has 1 N–H and O–H groups in total. The topological polar surface area (TPSA) is 112 Å². The molecule has 7 aliphatic rings. The van der Waals surface area contributed by atoms with E-state index in [1.165, 1.54) is 11.3 Å². The van der Waals surface area contributed by atoms with Crippen molar-refractivity contribution in [3.8, 4) is 0 Å². The second-order valence-electron chi connectivity index (χ2n) is 17.7. The van der Waals surface area contributed by atoms with Gasteiger partial charge in [0.2, 0.25) is 0 Å². The number of likely N-dealkylation sites (N-methyl/N-ethyl adjacent to an activating group) is 1. The number of nitrogens with one attached hydrogen (secondary N) is 1. The van der Waals surface area contributed by atoms with Gasteiger partial charge in [0.25, 0.3) is 0 Å². The van der Waals surface area contributed by atoms with E-state index in [1.54, 1.807) is 28.4 Å². The number of hydrogen-bond donors (Lipinski definition) is 1. The zero-order valence-corrected chi connectivity index (χ0v) is 32.6. The lowest BCUT2D eigenvalue weighted by Crippen LogP contribution is -3.17. The molecule has 0 spiro atoms. The molecule has 51 heavy (non-hydrogen) atoms. The zero-order chi connectivity index (χ0) is 36.1. The number of carbonyl (C=O) groups excluding carboxylic acids is 1. The third kappa shape index (κ3) is 7.02. The van der Waals surface area contributed by atoms with Crippen LogP contribution in [0.3, 0.4) is 0 Å². The van der Waals surface area contributed by atoms with Crippen molar-refractivity contribution in [2.45, 2.75) is 131 Å². The van der Waals surface area contributed by atoms with Gasteiger partial charge in [0.1, 0.15) is 6.04 Å². The van der Waals surface area contributed by atoms with Crippen molar-refractivity contribution in [2.24, 2.45) is 47.3 Å². The van der Waals surface area contributed by atoms with E-state index in [0.717, 1.165) is 58.0 Å². The maximum atomic E-state index is 14.6. The monoisotopic (exact) mass is 720 g/mol. The summed E-state index contributed by atoms with van der Waals surface area (Å²) in [6.07, 6.45) is 7.63. The fourth-order valence-corrected chi connectivity index (χ4v) is 13.2. The van der Waals surface area contributed by atoms with E-state index in [9.17, 15) is 9.90 Å². The van der Waals surface area contributed by atoms with Crippen molar-refractivity contribution < 1.29 is 48.0 Å². The fourth-order valence-electron chi connectivity index (χ4n) is 13.2. The van der Waals surface area contributed by atoms with Crippen LogP contribution < -0.4 is 10.0 Å². The van der Waals surface area contributed by atoms with Crippen LogP contribution in [-0.2, 0) is 38.0 Å². The average Bonchev–Trinajstić information content (AvgIpc) is 3.15. The predicted molar refractivity (Wildman–Crippen MR) is 188 cm³/mol. The second kappa shape index (κ2) is 16.2. The number of rotatable bonds is 10. The van der Waals surface area contributed by atoms with Crippen LogP contribution in [0, 0.1) is 47.3 Å². The lowest BCUT2D eigenvalue weighted by atomic mass is 9.50. The van der Waals surface area contributed by atoms with Crippen molar-refractivity contribution in [2.75, 3.05) is 69.8 Å². The van der Waals surface area contributed by atoms with Crippen molar-refractivity contribution in [1.29, 1.82) is 0 Å². The molecule has 0 bridgehead atoms. The van der Waals surface area contributed by atoms with Crippen LogP contribution in [0.15, 0.2) is 0 Å². The number of fused-ring (bicyclic) bond motifs is 3. The summed E-state index contributed by atoms with van der Waals surface area (Å²) < 4.78 is 43.4. The Labute approximate surface area is 306 Å². The number of carbonyl (C=O) groups is 1. The Morgan fingerprint density at radius 3 is 1.94 bits per heavy atom. The van der Waals surface area contributed by atoms with Gasteiger partial charge in [-0.05, 0) is 107 Å². The highest BCUT2D eigenvalue weighted by Gasteiger charge is 2.62. The van der Waals surface area contributed by atoms with E-state index < -0.39 is 6.10 Å². The molecule has 2 aliphatic heterocycles. The minimum Gasteiger partial charge on any atom is -0.850 e. The number of quaternary nitrogens is 1. The maximum absolute atomic E-state index is 14.6. The van der Waals surface area contributed by atoms with E-state index >= 15 is 0 Å². The molecule has 2 heterocycles. The number of hydrogen-bond acceptors (Lipinski definition) is 10. The maximum Gasteiger partial charge on any atom is 0.193 e. The first-order chi connectivity index (χ1) is 24.6. The van der Waals surface area contributed by atoms with E-state index in [1.807, 2.05) is 14.2 Å². The van der Waals surface area contributed by atoms with Crippen molar-refractivity contribution in [1.82, 2.24) is 4.90 Å². The van der Waals surface area contributed by atoms with E-state index in [0.29, 0.717) is 42.4 Å². The predicted octanol–water partition coefficient (Wildman–Crippen LogP) is 1.24. The van der Waals surface area contributed by atoms with Crippen molar-refractivity contribution in [3.63, 3.8) is 0 Å². The molecule has 0 aromatic heterocycles. The Hall–Kier alpha value is -0.730. The SMILES string of the molecule is COC1CC(CC2C3CC(OC)C(OC)CC3CCN2C)C(OC2CC3C(=O)C4C5C(CC[NH+]4C)CC(OC)C([O-])C5C3CC2OC)CC1OC. The van der Waals surface area contributed by atoms with Gasteiger partial charge in [0.05, 0.1) is 56.3 Å². The van der Waals surface area contributed by atoms with Crippen LogP contribution in [-0.4, -0.2) is 148 Å². The van der Waals surface area contributed by atoms with Gasteiger partial charge in [-0.1, -0.05) is 6.10 Å². The Balaban J connectivity index is 1.14. The van der Waals surface area contributed by atoms with Gasteiger partial charge in [0, 0.05) is 73.1 Å². The molecule has 11 heteroatoms. The van der Waals surface area contributed by atoms with Crippen LogP contribution >= 0.6 is 0 Å². The first-order valence-electron chi connectivity index (χ1n) is 20.2. The number of methoxy groups -OCH3 is 6. The largest absolute Gasteiger partial charge is 0.850 e. The molecular weight excluding hydrogens is 652 g/mol. The third-order valence-corrected chi connectivity index (χ3v) is 15.8. The summed E-state index contributed by atoms with van der Waals surface area (Å²) in [6, 6.07) is 0.301. The van der Waals surface area contributed by atoms with Crippen LogP contribution in [0.4, 0.5) is 0 Å². The van der Waals surface area contributed by atoms with E-state index in [4.69, 9.17) is 33.2 Å². The van der Waals surface area contributed by atoms with Crippen LogP contribution in [0.1, 0.15) is 64.2 Å². The minimum atomic E-state index is -0.815. The highest BCUT2D eigenvalue weighted by Crippen LogP contribution is 2.54. The summed E-state index contributed by atoms with van der Waals surface area (Å²) in [4.78, 5) is 18.4. The first-order valence-corrected chi connectivity index (χ1v) is 20.2. The summed E-state index contributed by atoms with van der Waals surface area (Å²) in [7, 11) is 15.1.